The molecule has 4 rings (SSSR count). The third-order valence-corrected chi connectivity index (χ3v) is 3.85. The van der Waals surface area contributed by atoms with Gasteiger partial charge in [0.1, 0.15) is 0 Å². The van der Waals surface area contributed by atoms with Crippen LogP contribution in [0.1, 0.15) is 11.1 Å². The van der Waals surface area contributed by atoms with E-state index in [2.05, 4.69) is 5.32 Å². The van der Waals surface area contributed by atoms with Crippen LogP contribution in [0.3, 0.4) is 0 Å². The second kappa shape index (κ2) is 3.71. The maximum atomic E-state index is 12.3. The normalized spacial score (nSPS) is 20.9. The minimum atomic E-state index is -1.63. The molecule has 0 bridgehead atoms. The van der Waals surface area contributed by atoms with Crippen LogP contribution < -0.4 is 5.32 Å². The number of carbonyl (C=O) groups excluding carboxylic acids is 1. The largest absolute Gasteiger partial charge is 0.372 e. The number of aromatic nitrogens is 1. The van der Waals surface area contributed by atoms with E-state index in [0.29, 0.717) is 16.8 Å². The number of amides is 1. The van der Waals surface area contributed by atoms with E-state index in [9.17, 15) is 9.90 Å². The summed E-state index contributed by atoms with van der Waals surface area (Å²) in [6.45, 7) is 0. The summed E-state index contributed by atoms with van der Waals surface area (Å²) in [6.07, 6.45) is 3.73. The highest BCUT2D eigenvalue weighted by atomic mass is 16.3. The highest BCUT2D eigenvalue weighted by molar-refractivity contribution is 6.08. The number of nitrogens with one attached hydrogen (secondary N) is 1. The van der Waals surface area contributed by atoms with Crippen LogP contribution in [0, 0.1) is 0 Å². The quantitative estimate of drug-likeness (QED) is 0.707. The Hall–Kier alpha value is -2.59. The number of rotatable bonds is 1. The molecule has 4 nitrogen and oxygen atoms in total. The summed E-state index contributed by atoms with van der Waals surface area (Å²) in [5.74, 6) is -0.407. The van der Waals surface area contributed by atoms with E-state index < -0.39 is 11.5 Å². The van der Waals surface area contributed by atoms with Crippen LogP contribution in [-0.2, 0) is 10.4 Å². The number of benzene rings is 1. The summed E-state index contributed by atoms with van der Waals surface area (Å²) in [6, 6.07) is 14.7. The molecule has 98 valence electrons. The Labute approximate surface area is 115 Å². The van der Waals surface area contributed by atoms with Crippen LogP contribution in [0.25, 0.3) is 5.52 Å². The predicted molar refractivity (Wildman–Crippen MR) is 75.5 cm³/mol. The lowest BCUT2D eigenvalue weighted by Gasteiger charge is -2.20. The fraction of sp³-hybridized carbons (Fsp3) is 0.0625. The zero-order valence-corrected chi connectivity index (χ0v) is 10.6. The average molecular weight is 264 g/mol. The number of anilines is 1. The molecule has 3 heterocycles. The Morgan fingerprint density at radius 2 is 1.75 bits per heavy atom. The van der Waals surface area contributed by atoms with Gasteiger partial charge in [0.25, 0.3) is 5.91 Å². The molecule has 0 fully saturated rings. The topological polar surface area (TPSA) is 53.7 Å². The van der Waals surface area contributed by atoms with Gasteiger partial charge in [-0.25, -0.2) is 0 Å². The second-order valence-corrected chi connectivity index (χ2v) is 4.93. The number of hydrogen-bond acceptors (Lipinski definition) is 2. The lowest BCUT2D eigenvalue weighted by atomic mass is 9.88. The number of para-hydroxylation sites is 1. The Balaban J connectivity index is 2.04. The molecular weight excluding hydrogens is 252 g/mol. The Kier molecular flexibility index (Phi) is 2.09. The van der Waals surface area contributed by atoms with E-state index in [1.165, 1.54) is 0 Å². The van der Waals surface area contributed by atoms with Gasteiger partial charge in [-0.05, 0) is 24.3 Å². The molecule has 3 aromatic rings. The lowest BCUT2D eigenvalue weighted by molar-refractivity contribution is -0.129. The summed E-state index contributed by atoms with van der Waals surface area (Å²) in [7, 11) is 0. The first-order valence-corrected chi connectivity index (χ1v) is 6.41. The van der Waals surface area contributed by atoms with Gasteiger partial charge in [0, 0.05) is 29.2 Å². The van der Waals surface area contributed by atoms with Gasteiger partial charge < -0.3 is 14.8 Å². The molecule has 2 N–H and O–H groups in total. The summed E-state index contributed by atoms with van der Waals surface area (Å²) < 4.78 is 1.89. The Bertz CT molecular complexity index is 837. The van der Waals surface area contributed by atoms with Gasteiger partial charge in [0.15, 0.2) is 5.60 Å². The van der Waals surface area contributed by atoms with Crippen LogP contribution in [-0.4, -0.2) is 15.4 Å². The van der Waals surface area contributed by atoms with Gasteiger partial charge in [0.05, 0.1) is 5.52 Å². The monoisotopic (exact) mass is 264 g/mol. The number of aliphatic hydroxyl groups is 1. The van der Waals surface area contributed by atoms with Crippen LogP contribution in [0.4, 0.5) is 5.69 Å². The van der Waals surface area contributed by atoms with Crippen LogP contribution >= 0.6 is 0 Å². The molecule has 1 aliphatic heterocycles. The molecule has 2 aromatic heterocycles. The highest BCUT2D eigenvalue weighted by Crippen LogP contribution is 2.42. The maximum absolute atomic E-state index is 12.3. The van der Waals surface area contributed by atoms with Gasteiger partial charge in [-0.1, -0.05) is 24.3 Å². The first-order valence-electron chi connectivity index (χ1n) is 6.41. The van der Waals surface area contributed by atoms with Gasteiger partial charge in [0.2, 0.25) is 0 Å². The molecule has 20 heavy (non-hydrogen) atoms. The standard InChI is InChI=1S/C16H12N2O2/c19-15-16(20,11-5-1-2-6-13(11)17-15)12-8-10-18-9-4-3-7-14(12)18/h1-10,20H,(H,17,19). The van der Waals surface area contributed by atoms with E-state index in [1.807, 2.05) is 47.1 Å². The second-order valence-electron chi connectivity index (χ2n) is 4.93. The third-order valence-electron chi connectivity index (χ3n) is 3.85. The minimum absolute atomic E-state index is 0.407. The maximum Gasteiger partial charge on any atom is 0.265 e. The van der Waals surface area contributed by atoms with Gasteiger partial charge in [-0.3, -0.25) is 4.79 Å². The fourth-order valence-electron chi connectivity index (χ4n) is 2.87. The number of hydrogen-bond donors (Lipinski definition) is 2. The smallest absolute Gasteiger partial charge is 0.265 e. The SMILES string of the molecule is O=C1Nc2ccccc2C1(O)c1ccn2ccccc12. The van der Waals surface area contributed by atoms with Gasteiger partial charge >= 0.3 is 0 Å². The molecule has 1 amide bonds. The molecule has 0 spiro atoms. The van der Waals surface area contributed by atoms with E-state index in [0.717, 1.165) is 5.52 Å². The molecule has 1 atom stereocenters. The summed E-state index contributed by atoms with van der Waals surface area (Å²) in [4.78, 5) is 12.3. The number of nitrogens with zero attached hydrogens (tertiary/aromatic N) is 1. The summed E-state index contributed by atoms with van der Waals surface area (Å²) in [5, 5.41) is 13.8. The fourth-order valence-corrected chi connectivity index (χ4v) is 2.87. The van der Waals surface area contributed by atoms with Crippen molar-refractivity contribution in [2.45, 2.75) is 5.60 Å². The van der Waals surface area contributed by atoms with Crippen molar-refractivity contribution in [3.8, 4) is 0 Å². The summed E-state index contributed by atoms with van der Waals surface area (Å²) in [5.41, 5.74) is 1.05. The molecule has 4 heteroatoms. The van der Waals surface area contributed by atoms with Gasteiger partial charge in [-0.2, -0.15) is 0 Å². The van der Waals surface area contributed by atoms with E-state index in [4.69, 9.17) is 0 Å². The molecule has 1 aromatic carbocycles. The third kappa shape index (κ3) is 1.26. The minimum Gasteiger partial charge on any atom is -0.372 e. The van der Waals surface area contributed by atoms with Gasteiger partial charge in [-0.15, -0.1) is 0 Å². The lowest BCUT2D eigenvalue weighted by Crippen LogP contribution is -2.35. The first kappa shape index (κ1) is 11.3. The predicted octanol–water partition coefficient (Wildman–Crippen LogP) is 2.13. The van der Waals surface area contributed by atoms with Crippen molar-refractivity contribution >= 4 is 17.1 Å². The molecule has 1 unspecified atom stereocenters. The van der Waals surface area contributed by atoms with E-state index >= 15 is 0 Å². The molecule has 0 aliphatic carbocycles. The number of pyridine rings is 1. The average Bonchev–Trinajstić information content (AvgIpc) is 3.01. The molecule has 1 aliphatic rings. The Morgan fingerprint density at radius 1 is 0.950 bits per heavy atom. The van der Waals surface area contributed by atoms with Crippen molar-refractivity contribution in [2.24, 2.45) is 0 Å². The molecule has 0 saturated heterocycles. The van der Waals surface area contributed by atoms with Crippen molar-refractivity contribution in [2.75, 3.05) is 5.32 Å². The molecule has 0 saturated carbocycles. The van der Waals surface area contributed by atoms with Crippen molar-refractivity contribution in [1.29, 1.82) is 0 Å². The van der Waals surface area contributed by atoms with E-state index in [-0.39, 0.29) is 0 Å². The van der Waals surface area contributed by atoms with Crippen LogP contribution in [0.15, 0.2) is 60.9 Å². The van der Waals surface area contributed by atoms with Crippen molar-refractivity contribution in [1.82, 2.24) is 4.40 Å². The van der Waals surface area contributed by atoms with Crippen molar-refractivity contribution < 1.29 is 9.90 Å². The highest BCUT2D eigenvalue weighted by Gasteiger charge is 2.47. The zero-order chi connectivity index (χ0) is 13.7. The van der Waals surface area contributed by atoms with Crippen LogP contribution in [0.5, 0.6) is 0 Å². The van der Waals surface area contributed by atoms with Crippen LogP contribution in [0.2, 0.25) is 0 Å². The zero-order valence-electron chi connectivity index (χ0n) is 10.6. The van der Waals surface area contributed by atoms with Crippen molar-refractivity contribution in [3.63, 3.8) is 0 Å². The van der Waals surface area contributed by atoms with E-state index in [1.54, 1.807) is 18.2 Å². The van der Waals surface area contributed by atoms with Crippen molar-refractivity contribution in [3.05, 3.63) is 72.1 Å². The number of fused-ring (bicyclic) bond motifs is 2. The Morgan fingerprint density at radius 3 is 2.65 bits per heavy atom. The summed E-state index contributed by atoms with van der Waals surface area (Å²) >= 11 is 0. The first-order chi connectivity index (χ1) is 9.71. The molecule has 0 radical (unpaired) electrons. The number of carbonyl (C=O) groups is 1. The molecular formula is C16H12N2O2.